The Morgan fingerprint density at radius 1 is 0.870 bits per heavy atom. The Balaban J connectivity index is 3.19. The van der Waals surface area contributed by atoms with Crippen molar-refractivity contribution >= 4 is 23.2 Å². The van der Waals surface area contributed by atoms with Gasteiger partial charge in [-0.3, -0.25) is 4.79 Å². The molecule has 0 atom stereocenters. The second-order valence-electron chi connectivity index (χ2n) is 6.25. The van der Waals surface area contributed by atoms with E-state index >= 15 is 0 Å². The van der Waals surface area contributed by atoms with E-state index in [1.807, 2.05) is 0 Å². The van der Waals surface area contributed by atoms with Crippen LogP contribution in [0, 0.1) is 0 Å². The molecular weight excluding hydrogens is 304 g/mol. The molecule has 0 rings (SSSR count). The molecule has 3 N–H and O–H groups in total. The lowest BCUT2D eigenvalue weighted by Crippen LogP contribution is -2.34. The first-order chi connectivity index (χ1) is 11.2. The van der Waals surface area contributed by atoms with Gasteiger partial charge in [-0.25, -0.2) is 0 Å². The number of carbonyl (C=O) groups excluding carboxylic acids is 1. The van der Waals surface area contributed by atoms with Gasteiger partial charge in [0.1, 0.15) is 0 Å². The average Bonchev–Trinajstić information content (AvgIpc) is 2.50. The predicted molar refractivity (Wildman–Crippen MR) is 104 cm³/mol. The van der Waals surface area contributed by atoms with Gasteiger partial charge < -0.3 is 11.1 Å². The monoisotopic (exact) mass is 340 g/mol. The summed E-state index contributed by atoms with van der Waals surface area (Å²) in [6.07, 6.45) is 21.6. The number of hydrogen-bond donors (Lipinski definition) is 2. The molecule has 0 aliphatic rings. The molecule has 0 heterocycles. The van der Waals surface area contributed by atoms with Crippen LogP contribution < -0.4 is 11.1 Å². The van der Waals surface area contributed by atoms with E-state index in [9.17, 15) is 4.79 Å². The molecule has 0 aromatic rings. The zero-order chi connectivity index (χ0) is 17.2. The van der Waals surface area contributed by atoms with Gasteiger partial charge in [-0.15, -0.1) is 0 Å². The van der Waals surface area contributed by atoms with Gasteiger partial charge in [0.15, 0.2) is 5.11 Å². The number of thiocarbonyl (C=S) groups is 1. The number of allylic oxidation sites excluding steroid dienone is 2. The van der Waals surface area contributed by atoms with Crippen LogP contribution in [0.4, 0.5) is 0 Å². The van der Waals surface area contributed by atoms with E-state index in [2.05, 4.69) is 36.6 Å². The molecule has 4 heteroatoms. The zero-order valence-electron chi connectivity index (χ0n) is 14.9. The molecular formula is C19H36N2OS. The standard InChI is InChI=1S/C19H36N2OS/c1-2-3-4-5-6-7-8-9-10-11-12-13-14-15-16-17-18(22)21-19(20)23/h9-10H,2-8,11-17H2,1H3,(H3,20,21,22,23). The van der Waals surface area contributed by atoms with Gasteiger partial charge in [-0.2, -0.15) is 0 Å². The summed E-state index contributed by atoms with van der Waals surface area (Å²) in [5.74, 6) is -0.0601. The summed E-state index contributed by atoms with van der Waals surface area (Å²) in [4.78, 5) is 11.3. The zero-order valence-corrected chi connectivity index (χ0v) is 15.8. The number of nitrogens with two attached hydrogens (primary N) is 1. The van der Waals surface area contributed by atoms with E-state index < -0.39 is 0 Å². The summed E-state index contributed by atoms with van der Waals surface area (Å²) in [6, 6.07) is 0. The second kappa shape index (κ2) is 17.5. The fraction of sp³-hybridized carbons (Fsp3) is 0.789. The molecule has 0 saturated carbocycles. The minimum atomic E-state index is -0.0601. The highest BCUT2D eigenvalue weighted by molar-refractivity contribution is 7.80. The molecule has 0 bridgehead atoms. The van der Waals surface area contributed by atoms with Gasteiger partial charge in [0.2, 0.25) is 5.91 Å². The highest BCUT2D eigenvalue weighted by Gasteiger charge is 2.00. The number of carbonyl (C=O) groups is 1. The van der Waals surface area contributed by atoms with Crippen LogP contribution in [0.15, 0.2) is 12.2 Å². The number of unbranched alkanes of at least 4 members (excludes halogenated alkanes) is 11. The van der Waals surface area contributed by atoms with Crippen molar-refractivity contribution in [3.05, 3.63) is 12.2 Å². The lowest BCUT2D eigenvalue weighted by molar-refractivity contribution is -0.119. The van der Waals surface area contributed by atoms with E-state index in [-0.39, 0.29) is 11.0 Å². The Morgan fingerprint density at radius 3 is 1.87 bits per heavy atom. The van der Waals surface area contributed by atoms with E-state index in [1.165, 1.54) is 70.6 Å². The van der Waals surface area contributed by atoms with Gasteiger partial charge in [0.05, 0.1) is 0 Å². The van der Waals surface area contributed by atoms with Crippen LogP contribution in [0.25, 0.3) is 0 Å². The molecule has 0 aliphatic heterocycles. The average molecular weight is 341 g/mol. The van der Waals surface area contributed by atoms with Crippen molar-refractivity contribution in [1.29, 1.82) is 0 Å². The minimum absolute atomic E-state index is 0.0601. The van der Waals surface area contributed by atoms with Crippen molar-refractivity contribution in [3.63, 3.8) is 0 Å². The lowest BCUT2D eigenvalue weighted by atomic mass is 10.1. The lowest BCUT2D eigenvalue weighted by Gasteiger charge is -2.02. The summed E-state index contributed by atoms with van der Waals surface area (Å²) < 4.78 is 0. The minimum Gasteiger partial charge on any atom is -0.376 e. The number of amides is 1. The predicted octanol–water partition coefficient (Wildman–Crippen LogP) is 5.38. The van der Waals surface area contributed by atoms with Crippen molar-refractivity contribution in [2.45, 2.75) is 96.8 Å². The Morgan fingerprint density at radius 2 is 1.35 bits per heavy atom. The van der Waals surface area contributed by atoms with E-state index in [1.54, 1.807) is 0 Å². The van der Waals surface area contributed by atoms with Gasteiger partial charge in [0.25, 0.3) is 0 Å². The fourth-order valence-corrected chi connectivity index (χ4v) is 2.67. The summed E-state index contributed by atoms with van der Waals surface area (Å²) in [5.41, 5.74) is 5.24. The Hall–Kier alpha value is -0.900. The van der Waals surface area contributed by atoms with Crippen molar-refractivity contribution in [2.75, 3.05) is 0 Å². The summed E-state index contributed by atoms with van der Waals surface area (Å²) >= 11 is 4.62. The maximum Gasteiger partial charge on any atom is 0.226 e. The molecule has 0 aromatic carbocycles. The quantitative estimate of drug-likeness (QED) is 0.239. The first kappa shape index (κ1) is 22.1. The third kappa shape index (κ3) is 19.1. The van der Waals surface area contributed by atoms with Crippen LogP contribution in [0.1, 0.15) is 96.8 Å². The molecule has 0 radical (unpaired) electrons. The van der Waals surface area contributed by atoms with Gasteiger partial charge >= 0.3 is 0 Å². The molecule has 0 saturated heterocycles. The molecule has 0 fully saturated rings. The molecule has 0 unspecified atom stereocenters. The number of nitrogens with one attached hydrogen (secondary N) is 1. The highest BCUT2D eigenvalue weighted by atomic mass is 32.1. The Kier molecular flexibility index (Phi) is 16.8. The van der Waals surface area contributed by atoms with Crippen LogP contribution in [0.3, 0.4) is 0 Å². The van der Waals surface area contributed by atoms with E-state index in [0.717, 1.165) is 12.8 Å². The van der Waals surface area contributed by atoms with Crippen molar-refractivity contribution in [3.8, 4) is 0 Å². The summed E-state index contributed by atoms with van der Waals surface area (Å²) in [6.45, 7) is 2.26. The van der Waals surface area contributed by atoms with E-state index in [0.29, 0.717) is 6.42 Å². The van der Waals surface area contributed by atoms with E-state index in [4.69, 9.17) is 5.73 Å². The molecule has 1 amide bonds. The third-order valence-corrected chi connectivity index (χ3v) is 4.03. The maximum absolute atomic E-state index is 11.3. The highest BCUT2D eigenvalue weighted by Crippen LogP contribution is 2.09. The first-order valence-electron chi connectivity index (χ1n) is 9.41. The maximum atomic E-state index is 11.3. The molecule has 0 aliphatic carbocycles. The Bertz CT molecular complexity index is 329. The first-order valence-corrected chi connectivity index (χ1v) is 9.82. The third-order valence-electron chi connectivity index (χ3n) is 3.93. The Labute approximate surface area is 148 Å². The van der Waals surface area contributed by atoms with Crippen LogP contribution in [-0.4, -0.2) is 11.0 Å². The van der Waals surface area contributed by atoms with Crippen molar-refractivity contribution in [2.24, 2.45) is 5.73 Å². The molecule has 0 spiro atoms. The molecule has 0 aromatic heterocycles. The normalized spacial score (nSPS) is 11.0. The van der Waals surface area contributed by atoms with Gasteiger partial charge in [0, 0.05) is 6.42 Å². The topological polar surface area (TPSA) is 55.1 Å². The van der Waals surface area contributed by atoms with Crippen LogP contribution >= 0.6 is 12.2 Å². The van der Waals surface area contributed by atoms with Gasteiger partial charge in [-0.1, -0.05) is 70.4 Å². The number of rotatable bonds is 15. The number of hydrogen-bond acceptors (Lipinski definition) is 2. The van der Waals surface area contributed by atoms with Crippen LogP contribution in [-0.2, 0) is 4.79 Å². The summed E-state index contributed by atoms with van der Waals surface area (Å²) in [7, 11) is 0. The SMILES string of the molecule is CCCCCCCCC=CCCCCCCCC(=O)NC(N)=S. The van der Waals surface area contributed by atoms with Crippen molar-refractivity contribution < 1.29 is 4.79 Å². The van der Waals surface area contributed by atoms with Crippen LogP contribution in [0.2, 0.25) is 0 Å². The fourth-order valence-electron chi connectivity index (χ4n) is 2.56. The summed E-state index contributed by atoms with van der Waals surface area (Å²) in [5, 5.41) is 2.53. The molecule has 23 heavy (non-hydrogen) atoms. The molecule has 3 nitrogen and oxygen atoms in total. The second-order valence-corrected chi connectivity index (χ2v) is 6.69. The van der Waals surface area contributed by atoms with Gasteiger partial charge in [-0.05, 0) is 44.3 Å². The largest absolute Gasteiger partial charge is 0.376 e. The smallest absolute Gasteiger partial charge is 0.226 e. The molecule has 134 valence electrons. The van der Waals surface area contributed by atoms with Crippen molar-refractivity contribution in [1.82, 2.24) is 5.32 Å². The van der Waals surface area contributed by atoms with Crippen LogP contribution in [0.5, 0.6) is 0 Å².